The van der Waals surface area contributed by atoms with Gasteiger partial charge < -0.3 is 20.4 Å². The second kappa shape index (κ2) is 9.87. The normalized spacial score (nSPS) is 11.9. The third-order valence-corrected chi connectivity index (χ3v) is 4.81. The lowest BCUT2D eigenvalue weighted by molar-refractivity contribution is 0.0869. The third-order valence-electron chi connectivity index (χ3n) is 4.81. The van der Waals surface area contributed by atoms with Crippen LogP contribution in [-0.4, -0.2) is 68.7 Å². The van der Waals surface area contributed by atoms with Gasteiger partial charge in [-0.1, -0.05) is 25.7 Å². The van der Waals surface area contributed by atoms with E-state index in [-0.39, 0.29) is 18.2 Å². The lowest BCUT2D eigenvalue weighted by atomic mass is 10.1. The monoisotopic (exact) mass is 407 g/mol. The van der Waals surface area contributed by atoms with Crippen LogP contribution in [0.15, 0.2) is 36.4 Å². The van der Waals surface area contributed by atoms with Crippen molar-refractivity contribution >= 4 is 16.9 Å². The first-order valence-electron chi connectivity index (χ1n) is 9.85. The van der Waals surface area contributed by atoms with Gasteiger partial charge in [0.25, 0.3) is 5.91 Å². The smallest absolute Gasteiger partial charge is 0.251 e. The summed E-state index contributed by atoms with van der Waals surface area (Å²) in [5.41, 5.74) is 2.68. The number of carbonyl (C=O) groups excluding carboxylic acids is 1. The maximum Gasteiger partial charge on any atom is 0.251 e. The van der Waals surface area contributed by atoms with E-state index < -0.39 is 6.10 Å². The molecular formula is C22H25N5O3. The molecule has 0 spiro atoms. The summed E-state index contributed by atoms with van der Waals surface area (Å²) in [6.07, 6.45) is -0.620. The number of likely N-dealkylation sites (N-methyl/N-ethyl adjacent to an activating group) is 1. The van der Waals surface area contributed by atoms with E-state index in [1.807, 2.05) is 13.8 Å². The zero-order valence-electron chi connectivity index (χ0n) is 17.0. The van der Waals surface area contributed by atoms with Gasteiger partial charge in [0.2, 0.25) is 0 Å². The first-order valence-corrected chi connectivity index (χ1v) is 9.85. The SMILES string of the molecule is CCN(CC)CC(O)CNC(=O)c1ccc(C#Cc2c(O)ccc3n[nH]nc23)cc1. The van der Waals surface area contributed by atoms with Gasteiger partial charge in [-0.2, -0.15) is 15.4 Å². The van der Waals surface area contributed by atoms with Crippen molar-refractivity contribution in [2.75, 3.05) is 26.2 Å². The summed E-state index contributed by atoms with van der Waals surface area (Å²) in [5, 5.41) is 33.4. The van der Waals surface area contributed by atoms with Gasteiger partial charge in [-0.25, -0.2) is 0 Å². The number of nitrogens with one attached hydrogen (secondary N) is 2. The number of amides is 1. The fourth-order valence-corrected chi connectivity index (χ4v) is 3.02. The zero-order valence-corrected chi connectivity index (χ0v) is 17.0. The highest BCUT2D eigenvalue weighted by atomic mass is 16.3. The van der Waals surface area contributed by atoms with Crippen molar-refractivity contribution in [3.8, 4) is 17.6 Å². The summed E-state index contributed by atoms with van der Waals surface area (Å²) in [4.78, 5) is 14.4. The minimum Gasteiger partial charge on any atom is -0.507 e. The molecule has 1 unspecified atom stereocenters. The Balaban J connectivity index is 1.63. The number of rotatable bonds is 7. The van der Waals surface area contributed by atoms with Crippen LogP contribution < -0.4 is 5.32 Å². The Kier molecular flexibility index (Phi) is 7.01. The van der Waals surface area contributed by atoms with Crippen molar-refractivity contribution in [1.82, 2.24) is 25.6 Å². The number of hydrogen-bond donors (Lipinski definition) is 4. The van der Waals surface area contributed by atoms with Gasteiger partial charge in [0.05, 0.1) is 11.7 Å². The summed E-state index contributed by atoms with van der Waals surface area (Å²) in [5.74, 6) is 5.66. The van der Waals surface area contributed by atoms with Crippen molar-refractivity contribution in [2.45, 2.75) is 20.0 Å². The van der Waals surface area contributed by atoms with Crippen molar-refractivity contribution < 1.29 is 15.0 Å². The van der Waals surface area contributed by atoms with E-state index >= 15 is 0 Å². The third kappa shape index (κ3) is 5.14. The molecule has 8 nitrogen and oxygen atoms in total. The molecule has 0 saturated carbocycles. The van der Waals surface area contributed by atoms with E-state index in [2.05, 4.69) is 37.5 Å². The summed E-state index contributed by atoms with van der Waals surface area (Å²) in [7, 11) is 0. The van der Waals surface area contributed by atoms with Gasteiger partial charge in [-0.05, 0) is 49.5 Å². The summed E-state index contributed by atoms with van der Waals surface area (Å²) >= 11 is 0. The number of phenolic OH excluding ortho intramolecular Hbond substituents is 1. The lowest BCUT2D eigenvalue weighted by Crippen LogP contribution is -2.40. The number of H-pyrrole nitrogens is 1. The Hall–Kier alpha value is -3.41. The Morgan fingerprint density at radius 3 is 2.57 bits per heavy atom. The Morgan fingerprint density at radius 2 is 1.87 bits per heavy atom. The number of nitrogens with zero attached hydrogens (tertiary/aromatic N) is 3. The predicted octanol–water partition coefficient (Wildman–Crippen LogP) is 1.50. The highest BCUT2D eigenvalue weighted by Gasteiger charge is 2.12. The first-order chi connectivity index (χ1) is 14.5. The van der Waals surface area contributed by atoms with E-state index in [9.17, 15) is 15.0 Å². The fraction of sp³-hybridized carbons (Fsp3) is 0.318. The quantitative estimate of drug-likeness (QED) is 0.441. The molecular weight excluding hydrogens is 382 g/mol. The van der Waals surface area contributed by atoms with Gasteiger partial charge in [0.15, 0.2) is 0 Å². The molecule has 3 aromatic rings. The van der Waals surface area contributed by atoms with Crippen LogP contribution in [0.25, 0.3) is 11.0 Å². The van der Waals surface area contributed by atoms with Crippen LogP contribution in [0.1, 0.15) is 35.3 Å². The summed E-state index contributed by atoms with van der Waals surface area (Å²) in [6.45, 7) is 6.49. The summed E-state index contributed by atoms with van der Waals surface area (Å²) in [6, 6.07) is 9.99. The molecule has 1 atom stereocenters. The molecule has 2 aromatic carbocycles. The fourth-order valence-electron chi connectivity index (χ4n) is 3.02. The molecule has 0 fully saturated rings. The van der Waals surface area contributed by atoms with Crippen LogP contribution in [0.4, 0.5) is 0 Å². The number of aromatic hydroxyl groups is 1. The number of aromatic amines is 1. The van der Waals surface area contributed by atoms with E-state index in [0.29, 0.717) is 34.3 Å². The number of phenols is 1. The predicted molar refractivity (Wildman–Crippen MR) is 114 cm³/mol. The number of carbonyl (C=O) groups is 1. The van der Waals surface area contributed by atoms with Crippen molar-refractivity contribution in [3.63, 3.8) is 0 Å². The summed E-state index contributed by atoms with van der Waals surface area (Å²) < 4.78 is 0. The van der Waals surface area contributed by atoms with Crippen LogP contribution >= 0.6 is 0 Å². The molecule has 0 radical (unpaired) electrons. The molecule has 4 N–H and O–H groups in total. The Morgan fingerprint density at radius 1 is 1.13 bits per heavy atom. The van der Waals surface area contributed by atoms with Crippen LogP contribution in [0.3, 0.4) is 0 Å². The highest BCUT2D eigenvalue weighted by Crippen LogP contribution is 2.23. The van der Waals surface area contributed by atoms with Gasteiger partial charge >= 0.3 is 0 Å². The average molecular weight is 407 g/mol. The van der Waals surface area contributed by atoms with Crippen LogP contribution in [0.5, 0.6) is 5.75 Å². The largest absolute Gasteiger partial charge is 0.507 e. The Bertz CT molecular complexity index is 1060. The number of aliphatic hydroxyl groups excluding tert-OH is 1. The van der Waals surface area contributed by atoms with Crippen molar-refractivity contribution in [2.24, 2.45) is 0 Å². The highest BCUT2D eigenvalue weighted by molar-refractivity contribution is 5.94. The Labute approximate surface area is 174 Å². The number of fused-ring (bicyclic) bond motifs is 1. The molecule has 0 aliphatic carbocycles. The van der Waals surface area contributed by atoms with Gasteiger partial charge in [0.1, 0.15) is 16.8 Å². The van der Waals surface area contributed by atoms with Crippen LogP contribution in [0, 0.1) is 11.8 Å². The maximum absolute atomic E-state index is 12.3. The van der Waals surface area contributed by atoms with Gasteiger partial charge in [-0.3, -0.25) is 4.79 Å². The molecule has 8 heteroatoms. The molecule has 3 rings (SSSR count). The van der Waals surface area contributed by atoms with Crippen LogP contribution in [0.2, 0.25) is 0 Å². The minimum atomic E-state index is -0.620. The molecule has 156 valence electrons. The van der Waals surface area contributed by atoms with Crippen molar-refractivity contribution in [1.29, 1.82) is 0 Å². The van der Waals surface area contributed by atoms with Gasteiger partial charge in [-0.15, -0.1) is 0 Å². The molecule has 1 heterocycles. The molecule has 1 aromatic heterocycles. The number of aromatic nitrogens is 3. The van der Waals surface area contributed by atoms with Crippen LogP contribution in [-0.2, 0) is 0 Å². The minimum absolute atomic E-state index is 0.0307. The molecule has 0 aliphatic rings. The molecule has 1 amide bonds. The molecule has 0 saturated heterocycles. The zero-order chi connectivity index (χ0) is 21.5. The second-order valence-electron chi connectivity index (χ2n) is 6.83. The molecule has 30 heavy (non-hydrogen) atoms. The second-order valence-corrected chi connectivity index (χ2v) is 6.83. The number of benzene rings is 2. The van der Waals surface area contributed by atoms with E-state index in [4.69, 9.17) is 0 Å². The van der Waals surface area contributed by atoms with E-state index in [1.54, 1.807) is 30.3 Å². The van der Waals surface area contributed by atoms with Gasteiger partial charge in [0, 0.05) is 24.2 Å². The molecule has 0 aliphatic heterocycles. The number of hydrogen-bond acceptors (Lipinski definition) is 6. The topological polar surface area (TPSA) is 114 Å². The lowest BCUT2D eigenvalue weighted by Gasteiger charge is -2.22. The standard InChI is InChI=1S/C22H25N5O3/c1-3-27(4-2)14-17(28)13-23-22(30)16-8-5-15(6-9-16)7-10-18-20(29)12-11-19-21(18)25-26-24-19/h5-6,8-9,11-12,17,28-29H,3-4,13-14H2,1-2H3,(H,23,30)(H,24,25,26). The van der Waals surface area contributed by atoms with E-state index in [1.165, 1.54) is 6.07 Å². The molecule has 0 bridgehead atoms. The van der Waals surface area contributed by atoms with Crippen molar-refractivity contribution in [3.05, 3.63) is 53.1 Å². The first kappa shape index (κ1) is 21.3. The van der Waals surface area contributed by atoms with E-state index in [0.717, 1.165) is 13.1 Å². The number of aliphatic hydroxyl groups is 1. The maximum atomic E-state index is 12.3. The average Bonchev–Trinajstić information content (AvgIpc) is 3.24.